The summed E-state index contributed by atoms with van der Waals surface area (Å²) in [6.07, 6.45) is 3.69. The fourth-order valence-electron chi connectivity index (χ4n) is 2.61. The van der Waals surface area contributed by atoms with Crippen LogP contribution in [0.3, 0.4) is 0 Å². The number of likely N-dealkylation sites (N-methyl/N-ethyl adjacent to an activating group) is 1. The molecule has 2 rings (SSSR count). The van der Waals surface area contributed by atoms with E-state index in [4.69, 9.17) is 0 Å². The lowest BCUT2D eigenvalue weighted by atomic mass is 10.0. The van der Waals surface area contributed by atoms with Gasteiger partial charge >= 0.3 is 6.03 Å². The van der Waals surface area contributed by atoms with Gasteiger partial charge in [0.2, 0.25) is 0 Å². The molecule has 0 aliphatic carbocycles. The average molecular weight is 329 g/mol. The standard InChI is InChI=1S/C18H27N5O/c1-14-6-8-16(9-7-14)17(21(2)3)11-19-18(24)22(4)12-15-10-20-23(5)13-15/h6-10,13,17H,11-12H2,1-5H3,(H,19,24). The number of aromatic nitrogens is 2. The smallest absolute Gasteiger partial charge is 0.317 e. The molecule has 130 valence electrons. The second-order valence-corrected chi connectivity index (χ2v) is 6.45. The Morgan fingerprint density at radius 3 is 2.46 bits per heavy atom. The molecule has 0 bridgehead atoms. The fraction of sp³-hybridized carbons (Fsp3) is 0.444. The van der Waals surface area contributed by atoms with Crippen LogP contribution < -0.4 is 5.32 Å². The molecule has 0 aliphatic heterocycles. The van der Waals surface area contributed by atoms with Gasteiger partial charge in [-0.2, -0.15) is 5.10 Å². The van der Waals surface area contributed by atoms with Crippen molar-refractivity contribution in [2.45, 2.75) is 19.5 Å². The number of benzene rings is 1. The molecule has 1 aromatic carbocycles. The Kier molecular flexibility index (Phi) is 5.98. The monoisotopic (exact) mass is 329 g/mol. The largest absolute Gasteiger partial charge is 0.336 e. The number of hydrogen-bond donors (Lipinski definition) is 1. The van der Waals surface area contributed by atoms with Gasteiger partial charge in [-0.15, -0.1) is 0 Å². The summed E-state index contributed by atoms with van der Waals surface area (Å²) in [5.41, 5.74) is 3.44. The highest BCUT2D eigenvalue weighted by Crippen LogP contribution is 2.18. The van der Waals surface area contributed by atoms with Crippen LogP contribution in [-0.4, -0.2) is 53.3 Å². The van der Waals surface area contributed by atoms with E-state index in [0.717, 1.165) is 5.56 Å². The van der Waals surface area contributed by atoms with E-state index in [1.54, 1.807) is 22.8 Å². The van der Waals surface area contributed by atoms with Crippen LogP contribution in [-0.2, 0) is 13.6 Å². The van der Waals surface area contributed by atoms with Gasteiger partial charge in [0.1, 0.15) is 0 Å². The number of nitrogens with one attached hydrogen (secondary N) is 1. The van der Waals surface area contributed by atoms with Crippen molar-refractivity contribution in [3.05, 3.63) is 53.3 Å². The lowest BCUT2D eigenvalue weighted by Crippen LogP contribution is -2.41. The molecule has 1 unspecified atom stereocenters. The van der Waals surface area contributed by atoms with Crippen molar-refractivity contribution in [1.82, 2.24) is 24.9 Å². The van der Waals surface area contributed by atoms with Crippen LogP contribution in [0.4, 0.5) is 4.79 Å². The van der Waals surface area contributed by atoms with Gasteiger partial charge in [-0.1, -0.05) is 29.8 Å². The quantitative estimate of drug-likeness (QED) is 0.884. The second kappa shape index (κ2) is 7.97. The molecule has 0 saturated carbocycles. The average Bonchev–Trinajstić information content (AvgIpc) is 2.93. The van der Waals surface area contributed by atoms with Gasteiger partial charge in [0, 0.05) is 32.4 Å². The number of hydrogen-bond acceptors (Lipinski definition) is 3. The van der Waals surface area contributed by atoms with Gasteiger partial charge < -0.3 is 15.1 Å². The number of nitrogens with zero attached hydrogens (tertiary/aromatic N) is 4. The molecule has 24 heavy (non-hydrogen) atoms. The van der Waals surface area contributed by atoms with Gasteiger partial charge in [0.15, 0.2) is 0 Å². The van der Waals surface area contributed by atoms with Gasteiger partial charge in [0.05, 0.1) is 18.8 Å². The van der Waals surface area contributed by atoms with Crippen LogP contribution >= 0.6 is 0 Å². The summed E-state index contributed by atoms with van der Waals surface area (Å²) in [6, 6.07) is 8.49. The molecule has 0 spiro atoms. The first-order chi connectivity index (χ1) is 11.4. The Balaban J connectivity index is 1.93. The zero-order valence-corrected chi connectivity index (χ0v) is 15.2. The first-order valence-corrected chi connectivity index (χ1v) is 8.06. The highest BCUT2D eigenvalue weighted by Gasteiger charge is 2.17. The topological polar surface area (TPSA) is 53.4 Å². The van der Waals surface area contributed by atoms with Crippen LogP contribution in [0.2, 0.25) is 0 Å². The number of aryl methyl sites for hydroxylation is 2. The van der Waals surface area contributed by atoms with Crippen LogP contribution in [0.15, 0.2) is 36.7 Å². The SMILES string of the molecule is Cc1ccc(C(CNC(=O)N(C)Cc2cnn(C)c2)N(C)C)cc1. The molecule has 0 radical (unpaired) electrons. The maximum Gasteiger partial charge on any atom is 0.317 e. The van der Waals surface area contributed by atoms with Crippen LogP contribution in [0.5, 0.6) is 0 Å². The number of carbonyl (C=O) groups is 1. The number of rotatable bonds is 6. The van der Waals surface area contributed by atoms with Crippen LogP contribution in [0, 0.1) is 6.92 Å². The van der Waals surface area contributed by atoms with E-state index < -0.39 is 0 Å². The van der Waals surface area contributed by atoms with Crippen molar-refractivity contribution < 1.29 is 4.79 Å². The molecular weight excluding hydrogens is 302 g/mol. The third kappa shape index (κ3) is 4.83. The molecule has 6 heteroatoms. The molecule has 2 amide bonds. The molecule has 1 atom stereocenters. The van der Waals surface area contributed by atoms with E-state index in [2.05, 4.69) is 46.5 Å². The first-order valence-electron chi connectivity index (χ1n) is 8.06. The highest BCUT2D eigenvalue weighted by atomic mass is 16.2. The fourth-order valence-corrected chi connectivity index (χ4v) is 2.61. The summed E-state index contributed by atoms with van der Waals surface area (Å²) in [6.45, 7) is 3.17. The summed E-state index contributed by atoms with van der Waals surface area (Å²) in [4.78, 5) is 16.1. The highest BCUT2D eigenvalue weighted by molar-refractivity contribution is 5.73. The molecule has 0 fully saturated rings. The van der Waals surface area contributed by atoms with Crippen LogP contribution in [0.1, 0.15) is 22.7 Å². The number of carbonyl (C=O) groups excluding carboxylic acids is 1. The van der Waals surface area contributed by atoms with E-state index in [1.807, 2.05) is 27.3 Å². The van der Waals surface area contributed by atoms with Gasteiger partial charge in [0.25, 0.3) is 0 Å². The second-order valence-electron chi connectivity index (χ2n) is 6.45. The van der Waals surface area contributed by atoms with E-state index in [-0.39, 0.29) is 12.1 Å². The van der Waals surface area contributed by atoms with E-state index >= 15 is 0 Å². The molecule has 2 aromatic rings. The molecule has 1 aromatic heterocycles. The van der Waals surface area contributed by atoms with Gasteiger partial charge in [-0.3, -0.25) is 4.68 Å². The Morgan fingerprint density at radius 2 is 1.92 bits per heavy atom. The predicted molar refractivity (Wildman–Crippen MR) is 95.7 cm³/mol. The van der Waals surface area contributed by atoms with Gasteiger partial charge in [-0.25, -0.2) is 4.79 Å². The molecule has 1 heterocycles. The minimum atomic E-state index is -0.0854. The molecule has 1 N–H and O–H groups in total. The third-order valence-corrected chi connectivity index (χ3v) is 4.06. The molecular formula is C18H27N5O. The Hall–Kier alpha value is -2.34. The normalized spacial score (nSPS) is 12.2. The maximum atomic E-state index is 12.3. The number of urea groups is 1. The van der Waals surface area contributed by atoms with Crippen molar-refractivity contribution in [3.8, 4) is 0 Å². The van der Waals surface area contributed by atoms with Crippen LogP contribution in [0.25, 0.3) is 0 Å². The molecule has 6 nitrogen and oxygen atoms in total. The van der Waals surface area contributed by atoms with E-state index in [0.29, 0.717) is 13.1 Å². The number of amides is 2. The summed E-state index contributed by atoms with van der Waals surface area (Å²) in [5, 5.41) is 7.15. The Bertz CT molecular complexity index is 662. The summed E-state index contributed by atoms with van der Waals surface area (Å²) in [7, 11) is 7.71. The third-order valence-electron chi connectivity index (χ3n) is 4.06. The Labute approximate surface area is 144 Å². The van der Waals surface area contributed by atoms with E-state index in [9.17, 15) is 4.79 Å². The minimum Gasteiger partial charge on any atom is -0.336 e. The van der Waals surface area contributed by atoms with Crippen molar-refractivity contribution >= 4 is 6.03 Å². The van der Waals surface area contributed by atoms with Gasteiger partial charge in [-0.05, 0) is 26.6 Å². The summed E-state index contributed by atoms with van der Waals surface area (Å²) >= 11 is 0. The molecule has 0 aliphatic rings. The van der Waals surface area contributed by atoms with E-state index in [1.165, 1.54) is 11.1 Å². The minimum absolute atomic E-state index is 0.0854. The van der Waals surface area contributed by atoms with Crippen molar-refractivity contribution in [2.24, 2.45) is 7.05 Å². The zero-order valence-electron chi connectivity index (χ0n) is 15.2. The first kappa shape index (κ1) is 18.0. The maximum absolute atomic E-state index is 12.3. The molecule has 0 saturated heterocycles. The van der Waals surface area contributed by atoms with Crippen molar-refractivity contribution in [2.75, 3.05) is 27.7 Å². The lowest BCUT2D eigenvalue weighted by molar-refractivity contribution is 0.200. The summed E-state index contributed by atoms with van der Waals surface area (Å²) in [5.74, 6) is 0. The summed E-state index contributed by atoms with van der Waals surface area (Å²) < 4.78 is 1.74. The van der Waals surface area contributed by atoms with Crippen molar-refractivity contribution in [1.29, 1.82) is 0 Å². The van der Waals surface area contributed by atoms with Crippen molar-refractivity contribution in [3.63, 3.8) is 0 Å². The zero-order chi connectivity index (χ0) is 17.7. The Morgan fingerprint density at radius 1 is 1.25 bits per heavy atom. The lowest BCUT2D eigenvalue weighted by Gasteiger charge is -2.26. The predicted octanol–water partition coefficient (Wildman–Crippen LogP) is 2.17.